The average molecular weight is 554 g/mol. The lowest BCUT2D eigenvalue weighted by molar-refractivity contribution is -0.116. The van der Waals surface area contributed by atoms with Crippen molar-refractivity contribution in [2.45, 2.75) is 52.6 Å². The van der Waals surface area contributed by atoms with Crippen LogP contribution in [0, 0.1) is 32.1 Å². The van der Waals surface area contributed by atoms with Gasteiger partial charge in [0.15, 0.2) is 5.78 Å². The first-order valence-electron chi connectivity index (χ1n) is 13.3. The van der Waals surface area contributed by atoms with E-state index in [1.807, 2.05) is 68.1 Å². The maximum Gasteiger partial charge on any atom is 0.161 e. The molecule has 40 heavy (non-hydrogen) atoms. The van der Waals surface area contributed by atoms with Crippen molar-refractivity contribution in [2.75, 3.05) is 12.0 Å². The molecular formula is C33H32ClN3O3. The van der Waals surface area contributed by atoms with E-state index < -0.39 is 5.92 Å². The monoisotopic (exact) mass is 553 g/mol. The number of hydrogen-bond acceptors (Lipinski definition) is 6. The average Bonchev–Trinajstić information content (AvgIpc) is 2.94. The van der Waals surface area contributed by atoms with Gasteiger partial charge >= 0.3 is 0 Å². The van der Waals surface area contributed by atoms with E-state index in [0.29, 0.717) is 41.4 Å². The first-order valence-corrected chi connectivity index (χ1v) is 13.7. The van der Waals surface area contributed by atoms with Crippen molar-refractivity contribution in [3.8, 4) is 17.6 Å². The summed E-state index contributed by atoms with van der Waals surface area (Å²) < 4.78 is 11.4. The van der Waals surface area contributed by atoms with Gasteiger partial charge in [0.1, 0.15) is 23.9 Å². The zero-order valence-corrected chi connectivity index (χ0v) is 23.9. The standard InChI is InChI=1S/C33H32ClN3O3/c1-19-14-22(18-40-25-12-10-24(39-4)11-13-25)21(3)26(15-19)31-27(17-35)33(36)37(28-6-5-7-30(38)32(28)31)29-16-23(34)9-8-20(29)2/h8-16,31H,5-7,18,36H2,1-4H3. The summed E-state index contributed by atoms with van der Waals surface area (Å²) in [4.78, 5) is 15.5. The second-order valence-electron chi connectivity index (χ2n) is 10.3. The first kappa shape index (κ1) is 27.4. The number of aryl methyl sites for hydroxylation is 2. The van der Waals surface area contributed by atoms with Gasteiger partial charge in [-0.3, -0.25) is 9.69 Å². The Bertz CT molecular complexity index is 1600. The van der Waals surface area contributed by atoms with E-state index >= 15 is 0 Å². The van der Waals surface area contributed by atoms with Gasteiger partial charge in [-0.25, -0.2) is 0 Å². The predicted octanol–water partition coefficient (Wildman–Crippen LogP) is 7.16. The Morgan fingerprint density at radius 3 is 2.48 bits per heavy atom. The minimum Gasteiger partial charge on any atom is -0.497 e. The molecule has 0 saturated carbocycles. The highest BCUT2D eigenvalue weighted by Gasteiger charge is 2.41. The van der Waals surface area contributed by atoms with Gasteiger partial charge in [-0.15, -0.1) is 0 Å². The van der Waals surface area contributed by atoms with E-state index in [-0.39, 0.29) is 5.78 Å². The van der Waals surface area contributed by atoms with Crippen LogP contribution in [-0.2, 0) is 11.4 Å². The molecule has 1 atom stereocenters. The second-order valence-corrected chi connectivity index (χ2v) is 10.8. The number of ether oxygens (including phenoxy) is 2. The van der Waals surface area contributed by atoms with E-state index in [1.165, 1.54) is 0 Å². The fourth-order valence-electron chi connectivity index (χ4n) is 5.74. The number of nitrogens with zero attached hydrogens (tertiary/aromatic N) is 2. The lowest BCUT2D eigenvalue weighted by Gasteiger charge is -2.40. The minimum atomic E-state index is -0.553. The zero-order valence-electron chi connectivity index (χ0n) is 23.2. The maximum absolute atomic E-state index is 13.6. The molecule has 204 valence electrons. The molecule has 5 rings (SSSR count). The molecule has 0 bridgehead atoms. The van der Waals surface area contributed by atoms with Crippen LogP contribution in [0.15, 0.2) is 77.3 Å². The molecule has 7 heteroatoms. The van der Waals surface area contributed by atoms with Gasteiger partial charge < -0.3 is 15.2 Å². The highest BCUT2D eigenvalue weighted by Crippen LogP contribution is 2.48. The number of carbonyl (C=O) groups excluding carboxylic acids is 1. The molecule has 3 aromatic rings. The zero-order chi connectivity index (χ0) is 28.6. The smallest absolute Gasteiger partial charge is 0.161 e. The number of ketones is 1. The Hall–Kier alpha value is -4.21. The molecule has 0 spiro atoms. The van der Waals surface area contributed by atoms with Crippen molar-refractivity contribution in [3.63, 3.8) is 0 Å². The summed E-state index contributed by atoms with van der Waals surface area (Å²) >= 11 is 6.38. The van der Waals surface area contributed by atoms with E-state index in [4.69, 9.17) is 26.8 Å². The molecular weight excluding hydrogens is 522 g/mol. The number of methoxy groups -OCH3 is 1. The largest absolute Gasteiger partial charge is 0.497 e. The number of hydrogen-bond donors (Lipinski definition) is 1. The van der Waals surface area contributed by atoms with Crippen LogP contribution in [0.2, 0.25) is 5.02 Å². The molecule has 3 aromatic carbocycles. The van der Waals surface area contributed by atoms with Gasteiger partial charge in [0.2, 0.25) is 0 Å². The number of Topliss-reactive ketones (excluding diaryl/α,β-unsaturated/α-hetero) is 1. The number of nitrogens with two attached hydrogens (primary N) is 1. The molecule has 1 unspecified atom stereocenters. The Balaban J connectivity index is 1.62. The van der Waals surface area contributed by atoms with Crippen molar-refractivity contribution in [2.24, 2.45) is 5.73 Å². The normalized spacial score (nSPS) is 17.1. The summed E-state index contributed by atoms with van der Waals surface area (Å²) in [7, 11) is 1.63. The molecule has 1 aliphatic carbocycles. The van der Waals surface area contributed by atoms with Crippen LogP contribution in [0.3, 0.4) is 0 Å². The summed E-state index contributed by atoms with van der Waals surface area (Å²) in [6.45, 7) is 6.35. The number of benzene rings is 3. The number of anilines is 1. The lowest BCUT2D eigenvalue weighted by atomic mass is 9.73. The predicted molar refractivity (Wildman–Crippen MR) is 157 cm³/mol. The van der Waals surface area contributed by atoms with Crippen LogP contribution in [0.5, 0.6) is 11.5 Å². The van der Waals surface area contributed by atoms with E-state index in [9.17, 15) is 10.1 Å². The van der Waals surface area contributed by atoms with Gasteiger partial charge in [0, 0.05) is 22.7 Å². The summed E-state index contributed by atoms with van der Waals surface area (Å²) in [5.41, 5.74) is 14.3. The first-order chi connectivity index (χ1) is 19.2. The van der Waals surface area contributed by atoms with Gasteiger partial charge in [0.25, 0.3) is 0 Å². The quantitative estimate of drug-likeness (QED) is 0.348. The number of halogens is 1. The SMILES string of the molecule is COc1ccc(OCc2cc(C)cc(C3C(C#N)=C(N)N(c4cc(Cl)ccc4C)C4=C3C(=O)CCC4)c2C)cc1. The Kier molecular flexibility index (Phi) is 7.60. The Morgan fingerprint density at radius 2 is 1.77 bits per heavy atom. The topological polar surface area (TPSA) is 88.6 Å². The third kappa shape index (κ3) is 4.94. The fraction of sp³-hybridized carbons (Fsp3) is 0.273. The number of carbonyl (C=O) groups is 1. The van der Waals surface area contributed by atoms with Crippen LogP contribution in [0.4, 0.5) is 5.69 Å². The van der Waals surface area contributed by atoms with Crippen LogP contribution in [0.25, 0.3) is 0 Å². The lowest BCUT2D eigenvalue weighted by Crippen LogP contribution is -2.39. The number of nitriles is 1. The molecule has 0 saturated heterocycles. The van der Waals surface area contributed by atoms with Gasteiger partial charge in [-0.1, -0.05) is 35.4 Å². The van der Waals surface area contributed by atoms with Crippen LogP contribution in [-0.4, -0.2) is 12.9 Å². The van der Waals surface area contributed by atoms with Crippen LogP contribution < -0.4 is 20.1 Å². The van der Waals surface area contributed by atoms with Gasteiger partial charge in [0.05, 0.1) is 30.4 Å². The molecule has 0 amide bonds. The van der Waals surface area contributed by atoms with E-state index in [1.54, 1.807) is 7.11 Å². The molecule has 6 nitrogen and oxygen atoms in total. The molecule has 1 heterocycles. The van der Waals surface area contributed by atoms with Crippen molar-refractivity contribution >= 4 is 23.1 Å². The van der Waals surface area contributed by atoms with Crippen molar-refractivity contribution in [3.05, 3.63) is 110 Å². The van der Waals surface area contributed by atoms with Crippen LogP contribution in [0.1, 0.15) is 53.0 Å². The molecule has 0 fully saturated rings. The van der Waals surface area contributed by atoms with Crippen molar-refractivity contribution in [1.29, 1.82) is 5.26 Å². The summed E-state index contributed by atoms with van der Waals surface area (Å²) in [5, 5.41) is 11.0. The van der Waals surface area contributed by atoms with E-state index in [2.05, 4.69) is 18.2 Å². The van der Waals surface area contributed by atoms with Crippen molar-refractivity contribution in [1.82, 2.24) is 0 Å². The minimum absolute atomic E-state index is 0.0492. The Morgan fingerprint density at radius 1 is 1.05 bits per heavy atom. The molecule has 1 aliphatic heterocycles. The number of allylic oxidation sites excluding steroid dienone is 3. The second kappa shape index (κ2) is 11.1. The van der Waals surface area contributed by atoms with Gasteiger partial charge in [-0.05, 0) is 92.3 Å². The summed E-state index contributed by atoms with van der Waals surface area (Å²) in [6.07, 6.45) is 1.85. The highest BCUT2D eigenvalue weighted by molar-refractivity contribution is 6.30. The summed E-state index contributed by atoms with van der Waals surface area (Å²) in [6, 6.07) is 19.6. The van der Waals surface area contributed by atoms with Crippen molar-refractivity contribution < 1.29 is 14.3 Å². The van der Waals surface area contributed by atoms with E-state index in [0.717, 1.165) is 57.1 Å². The third-order valence-electron chi connectivity index (χ3n) is 7.79. The maximum atomic E-state index is 13.6. The molecule has 2 N–H and O–H groups in total. The van der Waals surface area contributed by atoms with Crippen LogP contribution >= 0.6 is 11.6 Å². The third-order valence-corrected chi connectivity index (χ3v) is 8.03. The molecule has 0 aromatic heterocycles. The molecule has 2 aliphatic rings. The highest BCUT2D eigenvalue weighted by atomic mass is 35.5. The Labute approximate surface area is 240 Å². The summed E-state index contributed by atoms with van der Waals surface area (Å²) in [5.74, 6) is 1.32. The van der Waals surface area contributed by atoms with Gasteiger partial charge in [-0.2, -0.15) is 5.26 Å². The fourth-order valence-corrected chi connectivity index (χ4v) is 5.91. The molecule has 0 radical (unpaired) electrons. The number of rotatable bonds is 6.